The van der Waals surface area contributed by atoms with E-state index in [4.69, 9.17) is 4.74 Å². The lowest BCUT2D eigenvalue weighted by Gasteiger charge is -1.87. The van der Waals surface area contributed by atoms with Crippen LogP contribution in [0.2, 0.25) is 0 Å². The zero-order valence-electron chi connectivity index (χ0n) is 10.1. The van der Waals surface area contributed by atoms with Gasteiger partial charge < -0.3 is 14.2 Å². The molecular weight excluding hydrogens is 208 g/mol. The first-order chi connectivity index (χ1) is 7.71. The number of cyclic esters (lactones) is 1. The van der Waals surface area contributed by atoms with Gasteiger partial charge in [0.15, 0.2) is 0 Å². The topological polar surface area (TPSA) is 44.8 Å². The van der Waals surface area contributed by atoms with Crippen LogP contribution in [0.25, 0.3) is 0 Å². The third-order valence-corrected chi connectivity index (χ3v) is 1.60. The molecule has 0 saturated carbocycles. The van der Waals surface area contributed by atoms with Gasteiger partial charge in [-0.15, -0.1) is 0 Å². The van der Waals surface area contributed by atoms with Gasteiger partial charge in [-0.1, -0.05) is 18.2 Å². The highest BCUT2D eigenvalue weighted by Crippen LogP contribution is 2.17. The normalized spacial score (nSPS) is 11.4. The summed E-state index contributed by atoms with van der Waals surface area (Å²) in [5.41, 5.74) is 1.70. The average Bonchev–Trinajstić information content (AvgIpc) is 2.64. The van der Waals surface area contributed by atoms with E-state index >= 15 is 0 Å². The van der Waals surface area contributed by atoms with E-state index in [-0.39, 0.29) is 5.97 Å². The second-order valence-corrected chi connectivity index (χ2v) is 3.05. The number of carbonyl (C=O) groups excluding carboxylic acids is 1. The molecule has 0 amide bonds. The Morgan fingerprint density at radius 1 is 1.06 bits per heavy atom. The third-order valence-electron chi connectivity index (χ3n) is 1.60. The molecule has 0 radical (unpaired) electrons. The Labute approximate surface area is 96.1 Å². The molecular formula is C12H18O4. The van der Waals surface area contributed by atoms with Gasteiger partial charge in [-0.3, -0.25) is 0 Å². The van der Waals surface area contributed by atoms with Crippen molar-refractivity contribution in [3.63, 3.8) is 0 Å². The maximum absolute atomic E-state index is 10.8. The summed E-state index contributed by atoms with van der Waals surface area (Å²) in [6, 6.07) is 7.43. The molecule has 2 rings (SSSR count). The van der Waals surface area contributed by atoms with Crippen molar-refractivity contribution >= 4 is 5.97 Å². The maximum atomic E-state index is 10.8. The van der Waals surface area contributed by atoms with Gasteiger partial charge in [-0.25, -0.2) is 4.79 Å². The van der Waals surface area contributed by atoms with Gasteiger partial charge in [-0.2, -0.15) is 0 Å². The van der Waals surface area contributed by atoms with Crippen LogP contribution in [-0.2, 0) is 20.8 Å². The maximum Gasteiger partial charge on any atom is 0.338 e. The van der Waals surface area contributed by atoms with Crippen molar-refractivity contribution in [3.05, 3.63) is 35.4 Å². The molecule has 0 bridgehead atoms. The zero-order valence-corrected chi connectivity index (χ0v) is 10.1. The summed E-state index contributed by atoms with van der Waals surface area (Å²) in [5.74, 6) is -0.199. The minimum atomic E-state index is -0.199. The van der Waals surface area contributed by atoms with Gasteiger partial charge in [0, 0.05) is 34.0 Å². The molecule has 0 fully saturated rings. The molecule has 1 aliphatic rings. The molecule has 16 heavy (non-hydrogen) atoms. The van der Waals surface area contributed by atoms with Crippen LogP contribution >= 0.6 is 0 Å². The average molecular weight is 226 g/mol. The van der Waals surface area contributed by atoms with Crippen molar-refractivity contribution < 1.29 is 19.0 Å². The van der Waals surface area contributed by atoms with Gasteiger partial charge in [0.1, 0.15) is 6.61 Å². The number of carbonyl (C=O) groups is 1. The van der Waals surface area contributed by atoms with Crippen molar-refractivity contribution in [1.29, 1.82) is 0 Å². The lowest BCUT2D eigenvalue weighted by Crippen LogP contribution is -1.91. The molecule has 90 valence electrons. The van der Waals surface area contributed by atoms with Gasteiger partial charge in [0.05, 0.1) is 5.56 Å². The molecule has 4 nitrogen and oxygen atoms in total. The van der Waals surface area contributed by atoms with E-state index in [1.54, 1.807) is 34.5 Å². The van der Waals surface area contributed by atoms with Crippen molar-refractivity contribution in [2.45, 2.75) is 6.61 Å². The Morgan fingerprint density at radius 2 is 1.56 bits per heavy atom. The van der Waals surface area contributed by atoms with E-state index in [1.165, 1.54) is 0 Å². The summed E-state index contributed by atoms with van der Waals surface area (Å²) in [6.07, 6.45) is 0. The second kappa shape index (κ2) is 8.88. The molecule has 0 aliphatic carbocycles. The predicted molar refractivity (Wildman–Crippen MR) is 61.4 cm³/mol. The van der Waals surface area contributed by atoms with Crippen LogP contribution in [0.1, 0.15) is 15.9 Å². The Hall–Kier alpha value is -1.39. The minimum absolute atomic E-state index is 0.199. The quantitative estimate of drug-likeness (QED) is 0.634. The van der Waals surface area contributed by atoms with Gasteiger partial charge in [0.2, 0.25) is 0 Å². The SMILES string of the molecule is COC.COC.O=C1OCc2ccccc21. The highest BCUT2D eigenvalue weighted by molar-refractivity contribution is 5.93. The number of methoxy groups -OCH3 is 2. The zero-order chi connectivity index (χ0) is 12.4. The molecule has 0 atom stereocenters. The Bertz CT molecular complexity index is 308. The van der Waals surface area contributed by atoms with E-state index in [2.05, 4.69) is 9.47 Å². The van der Waals surface area contributed by atoms with E-state index in [0.29, 0.717) is 12.2 Å². The highest BCUT2D eigenvalue weighted by Gasteiger charge is 2.18. The molecule has 1 aliphatic heterocycles. The molecule has 1 heterocycles. The summed E-state index contributed by atoms with van der Waals surface area (Å²) in [5, 5.41) is 0. The van der Waals surface area contributed by atoms with Gasteiger partial charge in [-0.05, 0) is 6.07 Å². The molecule has 0 saturated heterocycles. The molecule has 4 heteroatoms. The molecule has 1 aromatic rings. The van der Waals surface area contributed by atoms with Crippen molar-refractivity contribution in [2.75, 3.05) is 28.4 Å². The molecule has 0 aromatic heterocycles. The number of hydrogen-bond donors (Lipinski definition) is 0. The minimum Gasteiger partial charge on any atom is -0.457 e. The van der Waals surface area contributed by atoms with E-state index in [0.717, 1.165) is 5.56 Å². The van der Waals surface area contributed by atoms with Crippen LogP contribution < -0.4 is 0 Å². The van der Waals surface area contributed by atoms with E-state index in [1.807, 2.05) is 18.2 Å². The smallest absolute Gasteiger partial charge is 0.338 e. The Morgan fingerprint density at radius 3 is 2.06 bits per heavy atom. The van der Waals surface area contributed by atoms with Crippen LogP contribution in [0, 0.1) is 0 Å². The largest absolute Gasteiger partial charge is 0.457 e. The standard InChI is InChI=1S/C8H6O2.2C2H6O/c9-8-7-4-2-1-3-6(7)5-10-8;2*1-3-2/h1-4H,5H2;2*1-2H3. The van der Waals surface area contributed by atoms with Crippen molar-refractivity contribution in [2.24, 2.45) is 0 Å². The number of rotatable bonds is 0. The lowest BCUT2D eigenvalue weighted by atomic mass is 10.1. The predicted octanol–water partition coefficient (Wildman–Crippen LogP) is 1.88. The summed E-state index contributed by atoms with van der Waals surface area (Å²) in [6.45, 7) is 0.439. The summed E-state index contributed by atoms with van der Waals surface area (Å²) >= 11 is 0. The fourth-order valence-electron chi connectivity index (χ4n) is 1.07. The number of benzene rings is 1. The number of esters is 1. The fourth-order valence-corrected chi connectivity index (χ4v) is 1.07. The number of ether oxygens (including phenoxy) is 3. The van der Waals surface area contributed by atoms with Crippen LogP contribution in [0.4, 0.5) is 0 Å². The molecule has 0 spiro atoms. The van der Waals surface area contributed by atoms with Gasteiger partial charge in [0.25, 0.3) is 0 Å². The lowest BCUT2D eigenvalue weighted by molar-refractivity contribution is 0.0535. The van der Waals surface area contributed by atoms with Crippen LogP contribution in [-0.4, -0.2) is 34.4 Å². The Kier molecular flexibility index (Phi) is 8.11. The van der Waals surface area contributed by atoms with Gasteiger partial charge >= 0.3 is 5.97 Å². The first kappa shape index (κ1) is 14.6. The third kappa shape index (κ3) is 4.91. The van der Waals surface area contributed by atoms with E-state index in [9.17, 15) is 4.79 Å². The summed E-state index contributed by atoms with van der Waals surface area (Å²) < 4.78 is 13.3. The van der Waals surface area contributed by atoms with Crippen molar-refractivity contribution in [1.82, 2.24) is 0 Å². The van der Waals surface area contributed by atoms with Crippen LogP contribution in [0.15, 0.2) is 24.3 Å². The summed E-state index contributed by atoms with van der Waals surface area (Å²) in [4.78, 5) is 10.8. The fraction of sp³-hybridized carbons (Fsp3) is 0.417. The monoisotopic (exact) mass is 226 g/mol. The van der Waals surface area contributed by atoms with Crippen LogP contribution in [0.5, 0.6) is 0 Å². The van der Waals surface area contributed by atoms with Crippen molar-refractivity contribution in [3.8, 4) is 0 Å². The summed E-state index contributed by atoms with van der Waals surface area (Å²) in [7, 11) is 6.50. The van der Waals surface area contributed by atoms with E-state index < -0.39 is 0 Å². The van der Waals surface area contributed by atoms with Crippen LogP contribution in [0.3, 0.4) is 0 Å². The molecule has 1 aromatic carbocycles. The highest BCUT2D eigenvalue weighted by atomic mass is 16.5. The second-order valence-electron chi connectivity index (χ2n) is 3.05. The Balaban J connectivity index is 0.000000321. The first-order valence-corrected chi connectivity index (χ1v) is 4.76. The first-order valence-electron chi connectivity index (χ1n) is 4.76. The molecule has 0 unspecified atom stereocenters. The number of hydrogen-bond acceptors (Lipinski definition) is 4. The molecule has 0 N–H and O–H groups in total. The number of fused-ring (bicyclic) bond motifs is 1.